The Kier molecular flexibility index (Phi) is 66.6. The molecule has 0 saturated heterocycles. The number of ether oxygens (including phenoxy) is 3. The van der Waals surface area contributed by atoms with E-state index < -0.39 is 6.10 Å². The van der Waals surface area contributed by atoms with Gasteiger partial charge in [0.1, 0.15) is 13.2 Å². The molecule has 0 N–H and O–H groups in total. The molecule has 0 aromatic heterocycles. The second kappa shape index (κ2) is 69.3. The van der Waals surface area contributed by atoms with Crippen molar-refractivity contribution in [3.05, 3.63) is 72.9 Å². The lowest BCUT2D eigenvalue weighted by Gasteiger charge is -2.18. The van der Waals surface area contributed by atoms with E-state index in [2.05, 4.69) is 93.7 Å². The minimum absolute atomic E-state index is 0.0670. The van der Waals surface area contributed by atoms with E-state index in [0.717, 1.165) is 96.3 Å². The minimum atomic E-state index is -0.769. The molecule has 6 heteroatoms. The Hall–Kier alpha value is -3.15. The van der Waals surface area contributed by atoms with Crippen LogP contribution in [0.1, 0.15) is 367 Å². The molecular weight excluding hydrogens is 997 g/mol. The van der Waals surface area contributed by atoms with Gasteiger partial charge in [-0.15, -0.1) is 0 Å². The second-order valence-corrected chi connectivity index (χ2v) is 23.8. The van der Waals surface area contributed by atoms with Crippen LogP contribution in [-0.4, -0.2) is 37.2 Å². The van der Waals surface area contributed by atoms with Gasteiger partial charge < -0.3 is 14.2 Å². The molecule has 0 aliphatic rings. The van der Waals surface area contributed by atoms with Gasteiger partial charge in [0.15, 0.2) is 6.10 Å². The van der Waals surface area contributed by atoms with Crippen molar-refractivity contribution < 1.29 is 28.6 Å². The summed E-state index contributed by atoms with van der Waals surface area (Å²) in [6.45, 7) is 6.58. The molecule has 0 aliphatic heterocycles. The second-order valence-electron chi connectivity index (χ2n) is 23.8. The lowest BCUT2D eigenvalue weighted by molar-refractivity contribution is -0.167. The van der Waals surface area contributed by atoms with Crippen LogP contribution in [0.2, 0.25) is 0 Å². The number of carbonyl (C=O) groups is 3. The molecule has 0 spiro atoms. The summed E-state index contributed by atoms with van der Waals surface area (Å²) in [5.41, 5.74) is 0. The number of hydrogen-bond acceptors (Lipinski definition) is 6. The zero-order valence-corrected chi connectivity index (χ0v) is 54.1. The highest BCUT2D eigenvalue weighted by molar-refractivity contribution is 5.71. The summed E-state index contributed by atoms with van der Waals surface area (Å²) in [6, 6.07) is 0. The van der Waals surface area contributed by atoms with Crippen LogP contribution in [0.4, 0.5) is 0 Å². The molecule has 0 rings (SSSR count). The van der Waals surface area contributed by atoms with Crippen LogP contribution in [0.5, 0.6) is 0 Å². The highest BCUT2D eigenvalue weighted by Gasteiger charge is 2.19. The molecule has 0 radical (unpaired) electrons. The van der Waals surface area contributed by atoms with Crippen molar-refractivity contribution in [1.82, 2.24) is 0 Å². The minimum Gasteiger partial charge on any atom is -0.462 e. The van der Waals surface area contributed by atoms with E-state index in [9.17, 15) is 14.4 Å². The van der Waals surface area contributed by atoms with Gasteiger partial charge in [-0.3, -0.25) is 14.4 Å². The predicted molar refractivity (Wildman–Crippen MR) is 353 cm³/mol. The summed E-state index contributed by atoms with van der Waals surface area (Å²) in [7, 11) is 0. The third-order valence-electron chi connectivity index (χ3n) is 15.7. The number of esters is 3. The molecule has 0 amide bonds. The topological polar surface area (TPSA) is 78.9 Å². The SMILES string of the molecule is CC/C=C\C/C=C\C/C=C\C/C=C\C/C=C\C/C=C\CCCCCCCCCCCCCCCCCCC(=O)OCC(COC(=O)CCCCCCCCCCCCCCC)OC(=O)CCCCCCCCCCCCCCCCC. The van der Waals surface area contributed by atoms with Crippen LogP contribution in [0, 0.1) is 0 Å². The van der Waals surface area contributed by atoms with Gasteiger partial charge in [-0.05, 0) is 70.6 Å². The first-order valence-corrected chi connectivity index (χ1v) is 35.4. The Balaban J connectivity index is 4.11. The number of allylic oxidation sites excluding steroid dienone is 12. The molecule has 6 nitrogen and oxygen atoms in total. The molecule has 1 unspecified atom stereocenters. The Morgan fingerprint density at radius 1 is 0.259 bits per heavy atom. The van der Waals surface area contributed by atoms with Crippen LogP contribution < -0.4 is 0 Å². The van der Waals surface area contributed by atoms with E-state index in [1.54, 1.807) is 0 Å². The van der Waals surface area contributed by atoms with Crippen molar-refractivity contribution in [2.75, 3.05) is 13.2 Å². The average Bonchev–Trinajstić information content (AvgIpc) is 3.46. The summed E-state index contributed by atoms with van der Waals surface area (Å²) >= 11 is 0. The summed E-state index contributed by atoms with van der Waals surface area (Å²) < 4.78 is 17.0. The quantitative estimate of drug-likeness (QED) is 0.0261. The lowest BCUT2D eigenvalue weighted by Crippen LogP contribution is -2.30. The Morgan fingerprint density at radius 3 is 0.753 bits per heavy atom. The fourth-order valence-corrected chi connectivity index (χ4v) is 10.5. The zero-order valence-electron chi connectivity index (χ0n) is 54.1. The third kappa shape index (κ3) is 67.5. The Labute approximate surface area is 503 Å². The zero-order chi connectivity index (χ0) is 58.5. The summed E-state index contributed by atoms with van der Waals surface area (Å²) in [5.74, 6) is -0.842. The first-order chi connectivity index (χ1) is 40.0. The van der Waals surface area contributed by atoms with E-state index in [1.165, 1.54) is 231 Å². The first kappa shape index (κ1) is 77.9. The number of rotatable bonds is 65. The van der Waals surface area contributed by atoms with Gasteiger partial charge in [-0.1, -0.05) is 351 Å². The number of carbonyl (C=O) groups excluding carboxylic acids is 3. The molecule has 0 heterocycles. The van der Waals surface area contributed by atoms with Crippen molar-refractivity contribution in [2.45, 2.75) is 374 Å². The van der Waals surface area contributed by atoms with Crippen LogP contribution in [0.15, 0.2) is 72.9 Å². The highest BCUT2D eigenvalue weighted by Crippen LogP contribution is 2.18. The molecule has 0 saturated carbocycles. The standard InChI is InChI=1S/C75H134O6/c1-4-7-10-13-16-19-22-25-27-28-29-30-31-32-33-34-35-36-37-38-39-40-41-42-43-44-45-46-48-50-53-56-59-62-65-68-74(77)80-71-72(70-79-73(76)67-64-61-58-55-52-49-24-21-18-15-12-9-6-3)81-75(78)69-66-63-60-57-54-51-47-26-23-20-17-14-11-8-5-2/h7,10,16,19,25,27,29-30,32-33,35-36,72H,4-6,8-9,11-15,17-18,20-24,26,28,31,34,37-71H2,1-3H3/b10-7-,19-16-,27-25-,30-29-,33-32-,36-35-. The Bertz CT molecular complexity index is 1490. The predicted octanol–water partition coefficient (Wildman–Crippen LogP) is 24.4. The van der Waals surface area contributed by atoms with E-state index >= 15 is 0 Å². The highest BCUT2D eigenvalue weighted by atomic mass is 16.6. The summed E-state index contributed by atoms with van der Waals surface area (Å²) in [6.07, 6.45) is 90.8. The molecular formula is C75H134O6. The molecule has 1 atom stereocenters. The molecule has 0 bridgehead atoms. The van der Waals surface area contributed by atoms with E-state index in [1.807, 2.05) is 0 Å². The van der Waals surface area contributed by atoms with Crippen LogP contribution in [0.25, 0.3) is 0 Å². The van der Waals surface area contributed by atoms with Crippen molar-refractivity contribution in [3.8, 4) is 0 Å². The third-order valence-corrected chi connectivity index (χ3v) is 15.7. The van der Waals surface area contributed by atoms with Crippen LogP contribution in [-0.2, 0) is 28.6 Å². The normalized spacial score (nSPS) is 12.5. The Morgan fingerprint density at radius 2 is 0.481 bits per heavy atom. The molecule has 0 aromatic rings. The van der Waals surface area contributed by atoms with E-state index in [0.29, 0.717) is 19.3 Å². The molecule has 0 aliphatic carbocycles. The summed E-state index contributed by atoms with van der Waals surface area (Å²) in [4.78, 5) is 38.3. The number of hydrogen-bond donors (Lipinski definition) is 0. The molecule has 470 valence electrons. The molecule has 0 fully saturated rings. The number of unbranched alkanes of at least 4 members (excludes halogenated alkanes) is 42. The largest absolute Gasteiger partial charge is 0.462 e. The van der Waals surface area contributed by atoms with Gasteiger partial charge in [-0.2, -0.15) is 0 Å². The van der Waals surface area contributed by atoms with Gasteiger partial charge in [0.05, 0.1) is 0 Å². The van der Waals surface area contributed by atoms with Crippen LogP contribution >= 0.6 is 0 Å². The van der Waals surface area contributed by atoms with Crippen molar-refractivity contribution >= 4 is 17.9 Å². The maximum atomic E-state index is 12.9. The van der Waals surface area contributed by atoms with Crippen molar-refractivity contribution in [3.63, 3.8) is 0 Å². The molecule has 0 aromatic carbocycles. The fraction of sp³-hybridized carbons (Fsp3) is 0.800. The lowest BCUT2D eigenvalue weighted by atomic mass is 10.0. The smallest absolute Gasteiger partial charge is 0.306 e. The van der Waals surface area contributed by atoms with Gasteiger partial charge in [-0.25, -0.2) is 0 Å². The van der Waals surface area contributed by atoms with Gasteiger partial charge >= 0.3 is 17.9 Å². The first-order valence-electron chi connectivity index (χ1n) is 35.4. The maximum Gasteiger partial charge on any atom is 0.306 e. The molecule has 81 heavy (non-hydrogen) atoms. The van der Waals surface area contributed by atoms with Crippen LogP contribution in [0.3, 0.4) is 0 Å². The van der Waals surface area contributed by atoms with Crippen molar-refractivity contribution in [1.29, 1.82) is 0 Å². The average molecular weight is 1130 g/mol. The fourth-order valence-electron chi connectivity index (χ4n) is 10.5. The van der Waals surface area contributed by atoms with Gasteiger partial charge in [0, 0.05) is 19.3 Å². The van der Waals surface area contributed by atoms with Gasteiger partial charge in [0.25, 0.3) is 0 Å². The monoisotopic (exact) mass is 1130 g/mol. The maximum absolute atomic E-state index is 12.9. The van der Waals surface area contributed by atoms with E-state index in [-0.39, 0.29) is 31.1 Å². The summed E-state index contributed by atoms with van der Waals surface area (Å²) in [5, 5.41) is 0. The van der Waals surface area contributed by atoms with E-state index in [4.69, 9.17) is 14.2 Å². The van der Waals surface area contributed by atoms with Gasteiger partial charge in [0.2, 0.25) is 0 Å². The van der Waals surface area contributed by atoms with Crippen molar-refractivity contribution in [2.24, 2.45) is 0 Å².